The zero-order valence-corrected chi connectivity index (χ0v) is 19.9. The summed E-state index contributed by atoms with van der Waals surface area (Å²) < 4.78 is 0. The fourth-order valence-electron chi connectivity index (χ4n) is 10.8. The molecule has 0 spiro atoms. The Morgan fingerprint density at radius 3 is 1.82 bits per heavy atom. The first kappa shape index (κ1) is 19.9. The van der Waals surface area contributed by atoms with Gasteiger partial charge in [0.1, 0.15) is 0 Å². The molecule has 0 radical (unpaired) electrons. The predicted octanol–water partition coefficient (Wildman–Crippen LogP) is 8.35. The van der Waals surface area contributed by atoms with Crippen molar-refractivity contribution in [2.45, 2.75) is 112 Å². The Balaban J connectivity index is 1.43. The molecule has 0 heteroatoms. The quantitative estimate of drug-likeness (QED) is 0.426. The highest BCUT2D eigenvalue weighted by molar-refractivity contribution is 5.12. The molecule has 5 aliphatic carbocycles. The van der Waals surface area contributed by atoms with Crippen molar-refractivity contribution >= 4 is 0 Å². The molecule has 0 bridgehead atoms. The summed E-state index contributed by atoms with van der Waals surface area (Å²) in [5.74, 6) is 8.18. The van der Waals surface area contributed by atoms with Gasteiger partial charge in [-0.15, -0.1) is 0 Å². The summed E-state index contributed by atoms with van der Waals surface area (Å²) in [6.07, 6.45) is 17.0. The van der Waals surface area contributed by atoms with Gasteiger partial charge in [0.2, 0.25) is 0 Å². The van der Waals surface area contributed by atoms with Gasteiger partial charge in [-0.2, -0.15) is 0 Å². The van der Waals surface area contributed by atoms with Crippen LogP contribution in [0.3, 0.4) is 0 Å². The van der Waals surface area contributed by atoms with Crippen LogP contribution in [0.4, 0.5) is 0 Å². The lowest BCUT2D eigenvalue weighted by Crippen LogP contribution is -2.58. The summed E-state index contributed by atoms with van der Waals surface area (Å²) in [6.45, 7) is 15.8. The van der Waals surface area contributed by atoms with Gasteiger partial charge in [-0.05, 0) is 128 Å². The van der Waals surface area contributed by atoms with Gasteiger partial charge in [0.15, 0.2) is 0 Å². The third-order valence-electron chi connectivity index (χ3n) is 12.2. The molecule has 0 amide bonds. The summed E-state index contributed by atoms with van der Waals surface area (Å²) in [5, 5.41) is 0. The van der Waals surface area contributed by atoms with E-state index in [1.165, 1.54) is 19.3 Å². The van der Waals surface area contributed by atoms with Crippen LogP contribution in [0, 0.1) is 63.6 Å². The number of rotatable bonds is 1. The molecular formula is C28H48. The van der Waals surface area contributed by atoms with Crippen LogP contribution in [0.25, 0.3) is 0 Å². The first-order valence-electron chi connectivity index (χ1n) is 13.2. The average Bonchev–Trinajstić information content (AvgIpc) is 2.98. The van der Waals surface area contributed by atoms with Crippen LogP contribution >= 0.6 is 0 Å². The number of hydrogen-bond acceptors (Lipinski definition) is 0. The smallest absolute Gasteiger partial charge is 0.0264 e. The molecule has 160 valence electrons. The largest absolute Gasteiger partial charge is 0.0625 e. The van der Waals surface area contributed by atoms with Gasteiger partial charge in [0, 0.05) is 0 Å². The van der Waals surface area contributed by atoms with Crippen molar-refractivity contribution in [3.05, 3.63) is 0 Å². The van der Waals surface area contributed by atoms with E-state index in [1.54, 1.807) is 51.4 Å². The van der Waals surface area contributed by atoms with Crippen molar-refractivity contribution < 1.29 is 0 Å². The average molecular weight is 385 g/mol. The highest BCUT2D eigenvalue weighted by atomic mass is 14.7. The summed E-state index contributed by atoms with van der Waals surface area (Å²) in [4.78, 5) is 0. The minimum atomic E-state index is 0.612. The highest BCUT2D eigenvalue weighted by Gasteiger charge is 2.63. The van der Waals surface area contributed by atoms with Gasteiger partial charge in [-0.1, -0.05) is 48.0 Å². The maximum Gasteiger partial charge on any atom is -0.0264 e. The fourth-order valence-corrected chi connectivity index (χ4v) is 10.8. The monoisotopic (exact) mass is 384 g/mol. The molecule has 5 fully saturated rings. The molecule has 0 nitrogen and oxygen atoms in total. The first-order valence-corrected chi connectivity index (χ1v) is 13.2. The van der Waals surface area contributed by atoms with E-state index in [-0.39, 0.29) is 0 Å². The lowest BCUT2D eigenvalue weighted by atomic mass is 9.39. The second kappa shape index (κ2) is 6.50. The van der Waals surface area contributed by atoms with E-state index in [9.17, 15) is 0 Å². The SMILES string of the molecule is CC(C)[C@H]1CC[C@@]2(C)[C@@H]1CC[C@@H]1[C@@H]2CC[C@@H]2[C@H]3CCCC(C)(C)[C@@H]3CC[C@]21C. The highest BCUT2D eigenvalue weighted by Crippen LogP contribution is 2.71. The molecule has 0 aliphatic heterocycles. The zero-order chi connectivity index (χ0) is 19.9. The summed E-state index contributed by atoms with van der Waals surface area (Å²) in [5.41, 5.74) is 1.95. The van der Waals surface area contributed by atoms with Gasteiger partial charge in [-0.3, -0.25) is 0 Å². The Morgan fingerprint density at radius 2 is 1.14 bits per heavy atom. The van der Waals surface area contributed by atoms with Gasteiger partial charge in [0.05, 0.1) is 0 Å². The molecule has 0 N–H and O–H groups in total. The lowest BCUT2D eigenvalue weighted by molar-refractivity contribution is -0.166. The van der Waals surface area contributed by atoms with E-state index in [1.807, 2.05) is 0 Å². The molecular weight excluding hydrogens is 336 g/mol. The minimum Gasteiger partial charge on any atom is -0.0625 e. The Kier molecular flexibility index (Phi) is 4.63. The van der Waals surface area contributed by atoms with Gasteiger partial charge in [-0.25, -0.2) is 0 Å². The van der Waals surface area contributed by atoms with E-state index >= 15 is 0 Å². The van der Waals surface area contributed by atoms with Crippen LogP contribution < -0.4 is 0 Å². The maximum atomic E-state index is 2.80. The lowest BCUT2D eigenvalue weighted by Gasteiger charge is -2.66. The summed E-state index contributed by atoms with van der Waals surface area (Å²) in [7, 11) is 0. The van der Waals surface area contributed by atoms with Gasteiger partial charge < -0.3 is 0 Å². The Bertz CT molecular complexity index is 601. The van der Waals surface area contributed by atoms with Crippen molar-refractivity contribution in [1.82, 2.24) is 0 Å². The molecule has 0 unspecified atom stereocenters. The maximum absolute atomic E-state index is 2.80. The van der Waals surface area contributed by atoms with Crippen molar-refractivity contribution in [2.75, 3.05) is 0 Å². The van der Waals surface area contributed by atoms with Crippen molar-refractivity contribution in [3.63, 3.8) is 0 Å². The van der Waals surface area contributed by atoms with Crippen LogP contribution in [-0.4, -0.2) is 0 Å². The molecule has 28 heavy (non-hydrogen) atoms. The van der Waals surface area contributed by atoms with Crippen LogP contribution in [-0.2, 0) is 0 Å². The molecule has 5 aliphatic rings. The zero-order valence-electron chi connectivity index (χ0n) is 19.9. The Labute approximate surface area is 176 Å². The van der Waals surface area contributed by atoms with Crippen LogP contribution in [0.2, 0.25) is 0 Å². The molecule has 5 saturated carbocycles. The predicted molar refractivity (Wildman–Crippen MR) is 120 cm³/mol. The van der Waals surface area contributed by atoms with E-state index in [4.69, 9.17) is 0 Å². The molecule has 0 saturated heterocycles. The molecule has 0 aromatic carbocycles. The normalized spacial score (nSPS) is 55.2. The van der Waals surface area contributed by atoms with E-state index in [2.05, 4.69) is 41.5 Å². The number of fused-ring (bicyclic) bond motifs is 7. The van der Waals surface area contributed by atoms with Gasteiger partial charge in [0.25, 0.3) is 0 Å². The van der Waals surface area contributed by atoms with Crippen molar-refractivity contribution in [1.29, 1.82) is 0 Å². The molecule has 0 heterocycles. The fraction of sp³-hybridized carbons (Fsp3) is 1.00. The third kappa shape index (κ3) is 2.60. The second-order valence-electron chi connectivity index (χ2n) is 13.7. The molecule has 5 rings (SSSR count). The van der Waals surface area contributed by atoms with E-state index in [0.717, 1.165) is 47.3 Å². The summed E-state index contributed by atoms with van der Waals surface area (Å²) >= 11 is 0. The second-order valence-corrected chi connectivity index (χ2v) is 13.7. The van der Waals surface area contributed by atoms with Crippen molar-refractivity contribution in [2.24, 2.45) is 63.6 Å². The molecule has 0 aromatic heterocycles. The van der Waals surface area contributed by atoms with E-state index < -0.39 is 0 Å². The van der Waals surface area contributed by atoms with Gasteiger partial charge >= 0.3 is 0 Å². The van der Waals surface area contributed by atoms with E-state index in [0.29, 0.717) is 16.2 Å². The summed E-state index contributed by atoms with van der Waals surface area (Å²) in [6, 6.07) is 0. The van der Waals surface area contributed by atoms with Crippen molar-refractivity contribution in [3.8, 4) is 0 Å². The minimum absolute atomic E-state index is 0.612. The van der Waals surface area contributed by atoms with Crippen LogP contribution in [0.1, 0.15) is 112 Å². The topological polar surface area (TPSA) is 0 Å². The molecule has 0 aromatic rings. The first-order chi connectivity index (χ1) is 13.2. The Hall–Kier alpha value is 0. The van der Waals surface area contributed by atoms with Crippen LogP contribution in [0.15, 0.2) is 0 Å². The number of hydrogen-bond donors (Lipinski definition) is 0. The standard InChI is InChI=1S/C28H48/c1-18(2)19-13-16-27(5)22(19)9-11-25-24(27)12-10-23-20-8-7-15-26(3,4)21(20)14-17-28(23,25)6/h18-25H,7-17H2,1-6H3/t19-,20+,21-,22-,23-,24+,25-,27+,28-/m1/s1. The Morgan fingerprint density at radius 1 is 0.571 bits per heavy atom. The molecule has 9 atom stereocenters. The van der Waals surface area contributed by atoms with Crippen LogP contribution in [0.5, 0.6) is 0 Å². The third-order valence-corrected chi connectivity index (χ3v) is 12.2.